The summed E-state index contributed by atoms with van der Waals surface area (Å²) >= 11 is 0. The van der Waals surface area contributed by atoms with Crippen molar-refractivity contribution >= 4 is 17.9 Å². The maximum absolute atomic E-state index is 12.8. The molecular weight excluding hydrogens is 959 g/mol. The molecule has 0 aromatic rings. The van der Waals surface area contributed by atoms with Crippen LogP contribution in [0.15, 0.2) is 170 Å². The molecule has 0 aromatic carbocycles. The normalized spacial score (nSPS) is 14.0. The lowest BCUT2D eigenvalue weighted by atomic mass is 10.1. The Morgan fingerprint density at radius 2 is 0.701 bits per heavy atom. The number of carboxylic acids is 1. The Labute approximate surface area is 469 Å². The van der Waals surface area contributed by atoms with E-state index >= 15 is 0 Å². The molecule has 0 aliphatic heterocycles. The van der Waals surface area contributed by atoms with Crippen LogP contribution in [0.4, 0.5) is 0 Å². The Balaban J connectivity index is 4.26. The highest BCUT2D eigenvalue weighted by molar-refractivity contribution is 5.70. The topological polar surface area (TPSA) is 111 Å². The van der Waals surface area contributed by atoms with Gasteiger partial charge in [0.2, 0.25) is 0 Å². The predicted octanol–water partition coefficient (Wildman–Crippen LogP) is 16.2. The van der Waals surface area contributed by atoms with Gasteiger partial charge in [0.15, 0.2) is 12.4 Å². The Morgan fingerprint density at radius 1 is 0.390 bits per heavy atom. The zero-order valence-electron chi connectivity index (χ0n) is 48.7. The highest BCUT2D eigenvalue weighted by Gasteiger charge is 2.22. The number of nitrogens with zero attached hydrogens (tertiary/aromatic N) is 1. The van der Waals surface area contributed by atoms with E-state index < -0.39 is 30.3 Å². The van der Waals surface area contributed by atoms with Crippen molar-refractivity contribution < 1.29 is 42.9 Å². The van der Waals surface area contributed by atoms with Gasteiger partial charge in [0, 0.05) is 12.8 Å². The Bertz CT molecular complexity index is 1860. The van der Waals surface area contributed by atoms with E-state index in [1.165, 1.54) is 0 Å². The molecular formula is C68H105NO8. The molecule has 0 rings (SSSR count). The number of allylic oxidation sites excluding steroid dienone is 28. The van der Waals surface area contributed by atoms with Crippen molar-refractivity contribution in [3.63, 3.8) is 0 Å². The van der Waals surface area contributed by atoms with Crippen LogP contribution in [0, 0.1) is 0 Å². The molecule has 430 valence electrons. The van der Waals surface area contributed by atoms with Gasteiger partial charge >= 0.3 is 11.9 Å². The summed E-state index contributed by atoms with van der Waals surface area (Å²) in [5.41, 5.74) is 0. The number of hydrogen-bond acceptors (Lipinski definition) is 8. The molecule has 0 fully saturated rings. The van der Waals surface area contributed by atoms with Crippen LogP contribution >= 0.6 is 0 Å². The number of rotatable bonds is 51. The first kappa shape index (κ1) is 71.7. The lowest BCUT2D eigenvalue weighted by molar-refractivity contribution is -0.870. The van der Waals surface area contributed by atoms with Gasteiger partial charge in [-0.05, 0) is 128 Å². The van der Waals surface area contributed by atoms with Crippen LogP contribution in [0.3, 0.4) is 0 Å². The third-order valence-electron chi connectivity index (χ3n) is 11.5. The van der Waals surface area contributed by atoms with Gasteiger partial charge in [-0.1, -0.05) is 210 Å². The van der Waals surface area contributed by atoms with Crippen molar-refractivity contribution in [2.45, 2.75) is 193 Å². The van der Waals surface area contributed by atoms with Crippen LogP contribution in [0.5, 0.6) is 0 Å². The van der Waals surface area contributed by atoms with Crippen LogP contribution < -0.4 is 5.11 Å². The van der Waals surface area contributed by atoms with Crippen molar-refractivity contribution in [3.05, 3.63) is 170 Å². The smallest absolute Gasteiger partial charge is 0.306 e. The molecule has 2 atom stereocenters. The summed E-state index contributed by atoms with van der Waals surface area (Å²) in [4.78, 5) is 37.2. The molecule has 0 aliphatic rings. The number of aliphatic carboxylic acids is 1. The molecule has 0 heterocycles. The van der Waals surface area contributed by atoms with E-state index in [1.54, 1.807) is 0 Å². The van der Waals surface area contributed by atoms with Gasteiger partial charge in [-0.25, -0.2) is 0 Å². The van der Waals surface area contributed by atoms with Crippen LogP contribution in [-0.4, -0.2) is 82.3 Å². The SMILES string of the molecule is CC/C=C\C/C=C\C/C=C\C/C=C\C/C=C\C/C=C\C/C=C\C/C=C\C/C=C\C/C=C\C/C=C\CCCCCCCC(=O)OC(COC(=O)CCCCC/C=C\C/C=C\C/C=C\CC)COC(OCC[N+](C)(C)C)C(=O)[O-]. The molecule has 0 bridgehead atoms. The van der Waals surface area contributed by atoms with Gasteiger partial charge in [-0.3, -0.25) is 9.59 Å². The largest absolute Gasteiger partial charge is 0.545 e. The third kappa shape index (κ3) is 58.2. The van der Waals surface area contributed by atoms with Gasteiger partial charge in [0.1, 0.15) is 13.2 Å². The molecule has 0 saturated heterocycles. The quantitative estimate of drug-likeness (QED) is 0.0195. The van der Waals surface area contributed by atoms with Gasteiger partial charge < -0.3 is 33.3 Å². The fraction of sp³-hybridized carbons (Fsp3) is 0.544. The first-order valence-corrected chi connectivity index (χ1v) is 29.3. The molecule has 2 unspecified atom stereocenters. The number of ether oxygens (including phenoxy) is 4. The Hall–Kier alpha value is -5.35. The van der Waals surface area contributed by atoms with E-state index in [4.69, 9.17) is 18.9 Å². The minimum atomic E-state index is -1.64. The number of likely N-dealkylation sites (N-methyl/N-ethyl adjacent to an activating group) is 1. The lowest BCUT2D eigenvalue weighted by Crippen LogP contribution is -2.44. The van der Waals surface area contributed by atoms with Gasteiger partial charge in [0.25, 0.3) is 0 Å². The molecule has 9 nitrogen and oxygen atoms in total. The zero-order chi connectivity index (χ0) is 56.2. The molecule has 9 heteroatoms. The fourth-order valence-corrected chi connectivity index (χ4v) is 7.02. The standard InChI is InChI=1S/C68H105NO8/c1-6-8-10-12-14-16-18-20-21-22-23-24-25-26-27-28-29-30-31-32-33-34-35-36-37-38-39-40-41-42-43-44-45-47-49-51-53-55-57-59-66(71)77-64(63-76-68(67(72)73)74-61-60-69(3,4)5)62-75-65(70)58-56-54-52-50-48-46-19-17-15-13-11-9-7-2/h8-11,14-17,20-21,23-24,26-27,29-30,32-33,35-36,38-39,41-42,44-46,48,64,68H,6-7,12-13,18-19,22,25,28,31,34,37,40,43,47,49-63H2,1-5H3/b10-8-,11-9-,16-14-,17-15-,21-20-,24-23-,27-26-,30-29-,33-32-,36-35-,39-38-,42-41-,45-44-,48-46-. The number of carbonyl (C=O) groups is 3. The van der Waals surface area contributed by atoms with Crippen molar-refractivity contribution in [1.82, 2.24) is 0 Å². The monoisotopic (exact) mass is 1060 g/mol. The van der Waals surface area contributed by atoms with Crippen LogP contribution in [0.25, 0.3) is 0 Å². The van der Waals surface area contributed by atoms with Crippen LogP contribution in [0.1, 0.15) is 181 Å². The van der Waals surface area contributed by atoms with Gasteiger partial charge in [-0.15, -0.1) is 0 Å². The molecule has 0 saturated carbocycles. The second kappa shape index (κ2) is 56.8. The number of hydrogen-bond donors (Lipinski definition) is 0. The number of carbonyl (C=O) groups excluding carboxylic acids is 3. The second-order valence-corrected chi connectivity index (χ2v) is 19.8. The highest BCUT2D eigenvalue weighted by atomic mass is 16.7. The molecule has 0 aromatic heterocycles. The van der Waals surface area contributed by atoms with Crippen molar-refractivity contribution in [1.29, 1.82) is 0 Å². The molecule has 0 radical (unpaired) electrons. The van der Waals surface area contributed by atoms with Gasteiger partial charge in [-0.2, -0.15) is 0 Å². The highest BCUT2D eigenvalue weighted by Crippen LogP contribution is 2.12. The van der Waals surface area contributed by atoms with E-state index in [2.05, 4.69) is 184 Å². The lowest BCUT2D eigenvalue weighted by Gasteiger charge is -2.26. The summed E-state index contributed by atoms with van der Waals surface area (Å²) in [6.45, 7) is 4.41. The summed E-state index contributed by atoms with van der Waals surface area (Å²) in [5.74, 6) is -2.38. The maximum Gasteiger partial charge on any atom is 0.306 e. The minimum Gasteiger partial charge on any atom is -0.545 e. The van der Waals surface area contributed by atoms with Crippen molar-refractivity contribution in [2.75, 3.05) is 47.5 Å². The summed E-state index contributed by atoms with van der Waals surface area (Å²) < 4.78 is 22.6. The first-order chi connectivity index (χ1) is 37.6. The van der Waals surface area contributed by atoms with E-state index in [1.807, 2.05) is 21.1 Å². The van der Waals surface area contributed by atoms with Gasteiger partial charge in [0.05, 0.1) is 40.3 Å². The number of quaternary nitrogens is 1. The first-order valence-electron chi connectivity index (χ1n) is 29.3. The maximum atomic E-state index is 12.8. The van der Waals surface area contributed by atoms with Crippen LogP contribution in [-0.2, 0) is 33.3 Å². The van der Waals surface area contributed by atoms with Crippen molar-refractivity contribution in [2.24, 2.45) is 0 Å². The third-order valence-corrected chi connectivity index (χ3v) is 11.5. The molecule has 77 heavy (non-hydrogen) atoms. The number of carboxylic acid groups (broad SMARTS) is 1. The molecule has 0 aliphatic carbocycles. The average Bonchev–Trinajstić information content (AvgIpc) is 3.40. The Morgan fingerprint density at radius 3 is 1.05 bits per heavy atom. The van der Waals surface area contributed by atoms with Crippen LogP contribution in [0.2, 0.25) is 0 Å². The predicted molar refractivity (Wildman–Crippen MR) is 324 cm³/mol. The summed E-state index contributed by atoms with van der Waals surface area (Å²) in [6, 6.07) is 0. The average molecular weight is 1060 g/mol. The zero-order valence-corrected chi connectivity index (χ0v) is 48.7. The molecule has 0 N–H and O–H groups in total. The molecule has 0 amide bonds. The summed E-state index contributed by atoms with van der Waals surface area (Å²) in [6.07, 6.45) is 82.8. The fourth-order valence-electron chi connectivity index (χ4n) is 7.02. The van der Waals surface area contributed by atoms with E-state index in [9.17, 15) is 19.5 Å². The molecule has 0 spiro atoms. The van der Waals surface area contributed by atoms with E-state index in [0.717, 1.165) is 141 Å². The number of unbranched alkanes of at least 4 members (excludes halogenated alkanes) is 8. The summed E-state index contributed by atoms with van der Waals surface area (Å²) in [5, 5.41) is 11.7. The minimum absolute atomic E-state index is 0.129. The Kier molecular flexibility index (Phi) is 52.9. The van der Waals surface area contributed by atoms with Crippen molar-refractivity contribution in [3.8, 4) is 0 Å². The van der Waals surface area contributed by atoms with E-state index in [-0.39, 0.29) is 32.7 Å². The van der Waals surface area contributed by atoms with E-state index in [0.29, 0.717) is 23.9 Å². The summed E-state index contributed by atoms with van der Waals surface area (Å²) in [7, 11) is 5.88. The second-order valence-electron chi connectivity index (χ2n) is 19.8. The number of esters is 2.